The maximum absolute atomic E-state index is 12.5. The van der Waals surface area contributed by atoms with Gasteiger partial charge in [-0.1, -0.05) is 17.7 Å². The number of ether oxygens (including phenoxy) is 1. The standard InChI is InChI=1S/C14H12F3NO3S/c1-9-2-5-11(6-3-9)22(19,20)13-8-10(4-7-12(13)18)21-14(15,16)17/h2-8H,18H2,1H3. The summed E-state index contributed by atoms with van der Waals surface area (Å²) < 4.78 is 65.4. The summed E-state index contributed by atoms with van der Waals surface area (Å²) in [7, 11) is -4.04. The van der Waals surface area contributed by atoms with Gasteiger partial charge in [-0.15, -0.1) is 13.2 Å². The van der Waals surface area contributed by atoms with Gasteiger partial charge in [-0.25, -0.2) is 8.42 Å². The Labute approximate surface area is 125 Å². The lowest BCUT2D eigenvalue weighted by Crippen LogP contribution is -2.17. The predicted molar refractivity (Wildman–Crippen MR) is 74.2 cm³/mol. The van der Waals surface area contributed by atoms with Crippen molar-refractivity contribution in [1.82, 2.24) is 0 Å². The minimum absolute atomic E-state index is 0.0611. The molecular weight excluding hydrogens is 319 g/mol. The highest BCUT2D eigenvalue weighted by Crippen LogP contribution is 2.31. The minimum Gasteiger partial charge on any atom is -0.406 e. The monoisotopic (exact) mass is 331 g/mol. The molecule has 22 heavy (non-hydrogen) atoms. The van der Waals surface area contributed by atoms with E-state index in [0.717, 1.165) is 23.8 Å². The molecule has 4 nitrogen and oxygen atoms in total. The number of halogens is 3. The summed E-state index contributed by atoms with van der Waals surface area (Å²) >= 11 is 0. The van der Waals surface area contributed by atoms with E-state index in [1.807, 2.05) is 0 Å². The van der Waals surface area contributed by atoms with Crippen molar-refractivity contribution in [2.45, 2.75) is 23.1 Å². The maximum Gasteiger partial charge on any atom is 0.573 e. The Bertz CT molecular complexity index is 784. The Morgan fingerprint density at radius 3 is 2.18 bits per heavy atom. The van der Waals surface area contributed by atoms with Gasteiger partial charge in [-0.3, -0.25) is 0 Å². The highest BCUT2D eigenvalue weighted by atomic mass is 32.2. The average molecular weight is 331 g/mol. The molecule has 8 heteroatoms. The summed E-state index contributed by atoms with van der Waals surface area (Å²) in [5, 5.41) is 0. The predicted octanol–water partition coefficient (Wildman–Crippen LogP) is 3.31. The fraction of sp³-hybridized carbons (Fsp3) is 0.143. The van der Waals surface area contributed by atoms with Crippen LogP contribution in [0.3, 0.4) is 0 Å². The van der Waals surface area contributed by atoms with Crippen LogP contribution in [0.15, 0.2) is 52.3 Å². The molecule has 0 saturated heterocycles. The Kier molecular flexibility index (Phi) is 4.06. The lowest BCUT2D eigenvalue weighted by atomic mass is 10.2. The van der Waals surface area contributed by atoms with Crippen molar-refractivity contribution >= 4 is 15.5 Å². The van der Waals surface area contributed by atoms with Crippen LogP contribution in [0.5, 0.6) is 5.75 Å². The number of aryl methyl sites for hydroxylation is 1. The first-order chi connectivity index (χ1) is 10.1. The van der Waals surface area contributed by atoms with Crippen molar-refractivity contribution in [3.05, 3.63) is 48.0 Å². The van der Waals surface area contributed by atoms with E-state index in [9.17, 15) is 21.6 Å². The van der Waals surface area contributed by atoms with Gasteiger partial charge in [0.25, 0.3) is 0 Å². The summed E-state index contributed by atoms with van der Waals surface area (Å²) in [4.78, 5) is -0.493. The molecule has 0 unspecified atom stereocenters. The Balaban J connectivity index is 2.51. The molecule has 0 saturated carbocycles. The van der Waals surface area contributed by atoms with Gasteiger partial charge in [0.15, 0.2) is 0 Å². The van der Waals surface area contributed by atoms with Gasteiger partial charge in [0.1, 0.15) is 5.75 Å². The highest BCUT2D eigenvalue weighted by molar-refractivity contribution is 7.91. The largest absolute Gasteiger partial charge is 0.573 e. The third-order valence-electron chi connectivity index (χ3n) is 2.84. The van der Waals surface area contributed by atoms with Gasteiger partial charge in [0, 0.05) is 6.07 Å². The second-order valence-electron chi connectivity index (χ2n) is 4.56. The van der Waals surface area contributed by atoms with Crippen LogP contribution in [-0.4, -0.2) is 14.8 Å². The second-order valence-corrected chi connectivity index (χ2v) is 6.48. The van der Waals surface area contributed by atoms with Crippen LogP contribution < -0.4 is 10.5 Å². The third-order valence-corrected chi connectivity index (χ3v) is 4.66. The van der Waals surface area contributed by atoms with Gasteiger partial charge in [-0.2, -0.15) is 0 Å². The first-order valence-corrected chi connectivity index (χ1v) is 7.55. The zero-order valence-corrected chi connectivity index (χ0v) is 12.2. The summed E-state index contributed by atoms with van der Waals surface area (Å²) in [5.41, 5.74) is 6.28. The van der Waals surface area contributed by atoms with Crippen molar-refractivity contribution in [2.24, 2.45) is 0 Å². The van der Waals surface area contributed by atoms with Crippen LogP contribution >= 0.6 is 0 Å². The van der Waals surface area contributed by atoms with Crippen molar-refractivity contribution in [3.63, 3.8) is 0 Å². The van der Waals surface area contributed by atoms with E-state index < -0.39 is 26.8 Å². The number of nitrogens with two attached hydrogens (primary N) is 1. The molecule has 0 atom stereocenters. The molecule has 0 fully saturated rings. The molecule has 0 radical (unpaired) electrons. The van der Waals surface area contributed by atoms with Gasteiger partial charge < -0.3 is 10.5 Å². The van der Waals surface area contributed by atoms with Crippen molar-refractivity contribution < 1.29 is 26.3 Å². The van der Waals surface area contributed by atoms with Crippen LogP contribution in [0.1, 0.15) is 5.56 Å². The number of benzene rings is 2. The van der Waals surface area contributed by atoms with E-state index >= 15 is 0 Å². The summed E-state index contributed by atoms with van der Waals surface area (Å²) in [5.74, 6) is -0.646. The van der Waals surface area contributed by atoms with E-state index in [1.54, 1.807) is 19.1 Å². The third kappa shape index (κ3) is 3.51. The molecule has 2 aromatic carbocycles. The SMILES string of the molecule is Cc1ccc(S(=O)(=O)c2cc(OC(F)(F)F)ccc2N)cc1. The molecule has 118 valence electrons. The van der Waals surface area contributed by atoms with E-state index in [1.165, 1.54) is 12.1 Å². The van der Waals surface area contributed by atoms with E-state index in [-0.39, 0.29) is 10.6 Å². The van der Waals surface area contributed by atoms with Crippen molar-refractivity contribution in [1.29, 1.82) is 0 Å². The Morgan fingerprint density at radius 1 is 1.05 bits per heavy atom. The smallest absolute Gasteiger partial charge is 0.406 e. The van der Waals surface area contributed by atoms with E-state index in [0.29, 0.717) is 0 Å². The summed E-state index contributed by atoms with van der Waals surface area (Å²) in [6.45, 7) is 1.78. The van der Waals surface area contributed by atoms with Gasteiger partial charge in [0.05, 0.1) is 15.5 Å². The zero-order chi connectivity index (χ0) is 16.5. The van der Waals surface area contributed by atoms with Crippen molar-refractivity contribution in [3.8, 4) is 5.75 Å². The van der Waals surface area contributed by atoms with Gasteiger partial charge >= 0.3 is 6.36 Å². The normalized spacial score (nSPS) is 12.2. The number of rotatable bonds is 3. The van der Waals surface area contributed by atoms with Gasteiger partial charge in [-0.05, 0) is 31.2 Å². The molecule has 2 aromatic rings. The summed E-state index contributed by atoms with van der Waals surface area (Å²) in [6.07, 6.45) is -4.92. The average Bonchev–Trinajstić information content (AvgIpc) is 2.40. The van der Waals surface area contributed by atoms with Crippen LogP contribution in [0, 0.1) is 6.92 Å². The molecule has 0 amide bonds. The molecule has 0 spiro atoms. The topological polar surface area (TPSA) is 69.4 Å². The number of anilines is 1. The first kappa shape index (κ1) is 16.2. The number of nitrogen functional groups attached to an aromatic ring is 1. The lowest BCUT2D eigenvalue weighted by molar-refractivity contribution is -0.274. The van der Waals surface area contributed by atoms with Crippen LogP contribution in [0.2, 0.25) is 0 Å². The van der Waals surface area contributed by atoms with Crippen molar-refractivity contribution in [2.75, 3.05) is 5.73 Å². The molecule has 0 bridgehead atoms. The fourth-order valence-corrected chi connectivity index (χ4v) is 3.19. The lowest BCUT2D eigenvalue weighted by Gasteiger charge is -2.12. The number of hydrogen-bond donors (Lipinski definition) is 1. The molecule has 0 aliphatic carbocycles. The minimum atomic E-state index is -4.92. The van der Waals surface area contributed by atoms with E-state index in [2.05, 4.69) is 4.74 Å². The quantitative estimate of drug-likeness (QED) is 0.876. The fourth-order valence-electron chi connectivity index (χ4n) is 1.79. The zero-order valence-electron chi connectivity index (χ0n) is 11.4. The number of sulfone groups is 1. The van der Waals surface area contributed by atoms with Crippen LogP contribution in [0.4, 0.5) is 18.9 Å². The molecule has 0 heterocycles. The molecule has 2 N–H and O–H groups in total. The highest BCUT2D eigenvalue weighted by Gasteiger charge is 2.32. The molecule has 0 aliphatic rings. The Morgan fingerprint density at radius 2 is 1.64 bits per heavy atom. The van der Waals surface area contributed by atoms with Crippen LogP contribution in [0.25, 0.3) is 0 Å². The number of hydrogen-bond acceptors (Lipinski definition) is 4. The summed E-state index contributed by atoms with van der Waals surface area (Å²) in [6, 6.07) is 8.66. The first-order valence-electron chi connectivity index (χ1n) is 6.06. The molecule has 0 aromatic heterocycles. The van der Waals surface area contributed by atoms with Gasteiger partial charge in [0.2, 0.25) is 9.84 Å². The molecule has 0 aliphatic heterocycles. The second kappa shape index (κ2) is 5.53. The molecule has 2 rings (SSSR count). The number of alkyl halides is 3. The van der Waals surface area contributed by atoms with Crippen LogP contribution in [-0.2, 0) is 9.84 Å². The van der Waals surface area contributed by atoms with E-state index in [4.69, 9.17) is 5.73 Å². The Hall–Kier alpha value is -2.22. The molecular formula is C14H12F3NO3S. The maximum atomic E-state index is 12.5.